The Morgan fingerprint density at radius 2 is 1.78 bits per heavy atom. The number of aliphatic hydroxyl groups excluding tert-OH is 1. The first kappa shape index (κ1) is 21.9. The molecule has 0 spiro atoms. The lowest BCUT2D eigenvalue weighted by Gasteiger charge is -2.26. The second kappa shape index (κ2) is 9.02. The third-order valence-corrected chi connectivity index (χ3v) is 6.72. The second-order valence-corrected chi connectivity index (χ2v) is 9.23. The molecule has 0 fully saturated rings. The molecule has 2 unspecified atom stereocenters. The van der Waals surface area contributed by atoms with E-state index in [0.29, 0.717) is 12.1 Å². The summed E-state index contributed by atoms with van der Waals surface area (Å²) < 4.78 is 33.0. The lowest BCUT2D eigenvalue weighted by atomic mass is 9.98. The van der Waals surface area contributed by atoms with E-state index in [1.54, 1.807) is 61.5 Å². The summed E-state index contributed by atoms with van der Waals surface area (Å²) in [6, 6.07) is 22.9. The third kappa shape index (κ3) is 4.61. The molecule has 1 aliphatic heterocycles. The van der Waals surface area contributed by atoms with Gasteiger partial charge in [-0.25, -0.2) is 8.42 Å². The summed E-state index contributed by atoms with van der Waals surface area (Å²) in [6.45, 7) is 1.68. The first-order chi connectivity index (χ1) is 15.4. The molecule has 0 amide bonds. The maximum absolute atomic E-state index is 12.5. The Morgan fingerprint density at radius 3 is 2.44 bits per heavy atom. The van der Waals surface area contributed by atoms with Gasteiger partial charge in [0.1, 0.15) is 12.0 Å². The van der Waals surface area contributed by atoms with Crippen molar-refractivity contribution in [1.82, 2.24) is 5.01 Å². The Morgan fingerprint density at radius 1 is 1.06 bits per heavy atom. The fourth-order valence-corrected chi connectivity index (χ4v) is 4.79. The number of ether oxygens (including phenoxy) is 1. The number of aliphatic hydroxyl groups is 1. The van der Waals surface area contributed by atoms with Crippen LogP contribution in [0.25, 0.3) is 0 Å². The van der Waals surface area contributed by atoms with E-state index in [2.05, 4.69) is 9.82 Å². The monoisotopic (exact) mass is 451 g/mol. The van der Waals surface area contributed by atoms with Crippen LogP contribution in [-0.4, -0.2) is 37.6 Å². The Hall–Kier alpha value is -3.36. The van der Waals surface area contributed by atoms with Crippen molar-refractivity contribution >= 4 is 21.4 Å². The highest BCUT2D eigenvalue weighted by atomic mass is 32.2. The summed E-state index contributed by atoms with van der Waals surface area (Å²) in [5.41, 5.74) is 3.14. The van der Waals surface area contributed by atoms with Gasteiger partial charge in [0.25, 0.3) is 10.0 Å². The highest BCUT2D eigenvalue weighted by molar-refractivity contribution is 7.92. The Kier molecular flexibility index (Phi) is 6.16. The quantitative estimate of drug-likeness (QED) is 0.567. The van der Waals surface area contributed by atoms with Crippen LogP contribution >= 0.6 is 0 Å². The van der Waals surface area contributed by atoms with Gasteiger partial charge in [0.15, 0.2) is 0 Å². The van der Waals surface area contributed by atoms with Crippen molar-refractivity contribution in [2.75, 3.05) is 11.8 Å². The molecule has 0 saturated heterocycles. The average Bonchev–Trinajstić information content (AvgIpc) is 3.26. The van der Waals surface area contributed by atoms with Gasteiger partial charge in [-0.1, -0.05) is 42.5 Å². The minimum Gasteiger partial charge on any atom is -0.497 e. The molecule has 1 heterocycles. The van der Waals surface area contributed by atoms with E-state index < -0.39 is 16.3 Å². The van der Waals surface area contributed by atoms with Gasteiger partial charge in [0.2, 0.25) is 0 Å². The van der Waals surface area contributed by atoms with Crippen molar-refractivity contribution < 1.29 is 18.3 Å². The highest BCUT2D eigenvalue weighted by Gasteiger charge is 2.31. The number of methoxy groups -OCH3 is 1. The number of sulfonamides is 1. The van der Waals surface area contributed by atoms with Crippen LogP contribution in [0, 0.1) is 0 Å². The molecule has 2 N–H and O–H groups in total. The molecular formula is C24H25N3O4S. The van der Waals surface area contributed by atoms with Gasteiger partial charge in [-0.3, -0.25) is 9.73 Å². The molecule has 0 aromatic heterocycles. The third-order valence-electron chi connectivity index (χ3n) is 5.33. The topological polar surface area (TPSA) is 91.2 Å². The summed E-state index contributed by atoms with van der Waals surface area (Å²) in [4.78, 5) is 0.206. The number of nitrogens with zero attached hydrogens (tertiary/aromatic N) is 2. The number of benzene rings is 3. The van der Waals surface area contributed by atoms with Gasteiger partial charge in [-0.2, -0.15) is 5.10 Å². The summed E-state index contributed by atoms with van der Waals surface area (Å²) in [6.07, 6.45) is -0.159. The molecule has 166 valence electrons. The molecule has 1 aliphatic rings. The second-order valence-electron chi connectivity index (χ2n) is 7.55. The van der Waals surface area contributed by atoms with Gasteiger partial charge < -0.3 is 9.84 Å². The van der Waals surface area contributed by atoms with Gasteiger partial charge in [-0.05, 0) is 54.4 Å². The van der Waals surface area contributed by atoms with Crippen molar-refractivity contribution in [3.05, 3.63) is 90.0 Å². The van der Waals surface area contributed by atoms with E-state index in [4.69, 9.17) is 4.74 Å². The Bertz CT molecular complexity index is 1210. The molecule has 0 saturated carbocycles. The molecule has 3 aromatic rings. The molecule has 32 heavy (non-hydrogen) atoms. The zero-order valence-electron chi connectivity index (χ0n) is 17.8. The summed E-state index contributed by atoms with van der Waals surface area (Å²) in [5.74, 6) is 0.747. The zero-order valence-corrected chi connectivity index (χ0v) is 18.7. The SMILES string of the molecule is COc1cccc(C2CC(c3ccc(NS(=O)(=O)c4ccccc4)cc3)=NN2C(C)O)c1. The van der Waals surface area contributed by atoms with Crippen LogP contribution in [0.5, 0.6) is 5.75 Å². The minimum atomic E-state index is -3.65. The molecule has 4 rings (SSSR count). The smallest absolute Gasteiger partial charge is 0.261 e. The van der Waals surface area contributed by atoms with E-state index in [1.165, 1.54) is 0 Å². The normalized spacial score (nSPS) is 17.0. The highest BCUT2D eigenvalue weighted by Crippen LogP contribution is 2.35. The minimum absolute atomic E-state index is 0.128. The molecular weight excluding hydrogens is 426 g/mol. The van der Waals surface area contributed by atoms with E-state index in [9.17, 15) is 13.5 Å². The molecule has 3 aromatic carbocycles. The van der Waals surface area contributed by atoms with Crippen molar-refractivity contribution in [3.63, 3.8) is 0 Å². The fraction of sp³-hybridized carbons (Fsp3) is 0.208. The predicted molar refractivity (Wildman–Crippen MR) is 124 cm³/mol. The molecule has 2 atom stereocenters. The number of anilines is 1. The fourth-order valence-electron chi connectivity index (χ4n) is 3.71. The summed E-state index contributed by atoms with van der Waals surface area (Å²) in [7, 11) is -2.03. The summed E-state index contributed by atoms with van der Waals surface area (Å²) >= 11 is 0. The van der Waals surface area contributed by atoms with E-state index >= 15 is 0 Å². The average molecular weight is 452 g/mol. The summed E-state index contributed by atoms with van der Waals surface area (Å²) in [5, 5.41) is 16.6. The molecule has 8 heteroatoms. The lowest BCUT2D eigenvalue weighted by Crippen LogP contribution is -2.28. The van der Waals surface area contributed by atoms with Crippen LogP contribution in [0.1, 0.15) is 30.5 Å². The van der Waals surface area contributed by atoms with E-state index in [0.717, 1.165) is 22.6 Å². The molecule has 0 bridgehead atoms. The first-order valence-electron chi connectivity index (χ1n) is 10.2. The van der Waals surface area contributed by atoms with Crippen molar-refractivity contribution in [3.8, 4) is 5.75 Å². The van der Waals surface area contributed by atoms with Crippen LogP contribution in [0.4, 0.5) is 5.69 Å². The number of nitrogens with one attached hydrogen (secondary N) is 1. The Labute approximate surface area is 188 Å². The number of hydrazone groups is 1. The largest absolute Gasteiger partial charge is 0.497 e. The first-order valence-corrected chi connectivity index (χ1v) is 11.7. The standard InChI is InChI=1S/C24H25N3O4S/c1-17(28)27-24(19-7-6-8-21(15-19)31-2)16-23(25-27)18-11-13-20(14-12-18)26-32(29,30)22-9-4-3-5-10-22/h3-15,17,24,26,28H,16H2,1-2H3. The maximum Gasteiger partial charge on any atom is 0.261 e. The van der Waals surface area contributed by atoms with Gasteiger partial charge in [0, 0.05) is 12.1 Å². The van der Waals surface area contributed by atoms with Crippen LogP contribution in [-0.2, 0) is 10.0 Å². The number of rotatable bonds is 7. The molecule has 7 nitrogen and oxygen atoms in total. The van der Waals surface area contributed by atoms with Crippen molar-refractivity contribution in [1.29, 1.82) is 0 Å². The number of hydrogen-bond donors (Lipinski definition) is 2. The zero-order chi connectivity index (χ0) is 22.7. The van der Waals surface area contributed by atoms with Gasteiger partial charge >= 0.3 is 0 Å². The van der Waals surface area contributed by atoms with Crippen molar-refractivity contribution in [2.24, 2.45) is 5.10 Å². The van der Waals surface area contributed by atoms with E-state index in [-0.39, 0.29) is 10.9 Å². The maximum atomic E-state index is 12.5. The van der Waals surface area contributed by atoms with E-state index in [1.807, 2.05) is 36.4 Å². The number of hydrogen-bond acceptors (Lipinski definition) is 6. The van der Waals surface area contributed by atoms with Gasteiger partial charge in [-0.15, -0.1) is 0 Å². The van der Waals surface area contributed by atoms with Crippen LogP contribution < -0.4 is 9.46 Å². The van der Waals surface area contributed by atoms with Gasteiger partial charge in [0.05, 0.1) is 23.8 Å². The van der Waals surface area contributed by atoms with Crippen LogP contribution in [0.2, 0.25) is 0 Å². The van der Waals surface area contributed by atoms with Crippen LogP contribution in [0.3, 0.4) is 0 Å². The lowest BCUT2D eigenvalue weighted by molar-refractivity contribution is -0.000980. The van der Waals surface area contributed by atoms with Crippen LogP contribution in [0.15, 0.2) is 88.9 Å². The predicted octanol–water partition coefficient (Wildman–Crippen LogP) is 3.99. The molecule has 0 radical (unpaired) electrons. The Balaban J connectivity index is 1.54. The molecule has 0 aliphatic carbocycles. The van der Waals surface area contributed by atoms with Crippen molar-refractivity contribution in [2.45, 2.75) is 30.5 Å².